The van der Waals surface area contributed by atoms with E-state index in [9.17, 15) is 13.9 Å². The lowest BCUT2D eigenvalue weighted by Gasteiger charge is -2.32. The summed E-state index contributed by atoms with van der Waals surface area (Å²) in [5.41, 5.74) is 2.29. The number of hydrogen-bond donors (Lipinski definition) is 1. The van der Waals surface area contributed by atoms with Gasteiger partial charge in [-0.25, -0.2) is 8.78 Å². The number of likely N-dealkylation sites (tertiary alicyclic amines) is 1. The van der Waals surface area contributed by atoms with Crippen LogP contribution in [0.4, 0.5) is 8.78 Å². The fourth-order valence-electron chi connectivity index (χ4n) is 3.90. The van der Waals surface area contributed by atoms with Crippen LogP contribution in [0.3, 0.4) is 0 Å². The molecule has 2 atom stereocenters. The van der Waals surface area contributed by atoms with Gasteiger partial charge in [0.25, 0.3) is 5.92 Å². The summed E-state index contributed by atoms with van der Waals surface area (Å²) in [5.74, 6) is -2.79. The SMILES string of the molecule is O[C@H](c1cccnc1-c1cc(Cl)cc(Cl)c1)[C@H](c1cccnc1)N1CCC(F)(F)C1. The molecule has 0 aliphatic carbocycles. The minimum atomic E-state index is -2.79. The average molecular weight is 450 g/mol. The van der Waals surface area contributed by atoms with Crippen LogP contribution >= 0.6 is 23.2 Å². The maximum atomic E-state index is 14.0. The number of aliphatic hydroxyl groups is 1. The van der Waals surface area contributed by atoms with Crippen LogP contribution in [0.25, 0.3) is 11.3 Å². The first-order valence-electron chi connectivity index (χ1n) is 9.45. The van der Waals surface area contributed by atoms with E-state index in [0.717, 1.165) is 0 Å². The van der Waals surface area contributed by atoms with Crippen molar-refractivity contribution >= 4 is 23.2 Å². The second-order valence-electron chi connectivity index (χ2n) is 7.35. The molecule has 0 spiro atoms. The number of halogens is 4. The number of benzene rings is 1. The molecule has 30 heavy (non-hydrogen) atoms. The van der Waals surface area contributed by atoms with Crippen molar-refractivity contribution in [2.45, 2.75) is 24.5 Å². The lowest BCUT2D eigenvalue weighted by atomic mass is 9.92. The lowest BCUT2D eigenvalue weighted by molar-refractivity contribution is -0.00694. The van der Waals surface area contributed by atoms with Crippen molar-refractivity contribution in [3.05, 3.63) is 82.2 Å². The third kappa shape index (κ3) is 4.47. The van der Waals surface area contributed by atoms with E-state index in [2.05, 4.69) is 9.97 Å². The highest BCUT2D eigenvalue weighted by molar-refractivity contribution is 6.35. The van der Waals surface area contributed by atoms with Crippen LogP contribution in [-0.2, 0) is 0 Å². The highest BCUT2D eigenvalue weighted by Gasteiger charge is 2.43. The van der Waals surface area contributed by atoms with Crippen LogP contribution in [0.1, 0.15) is 29.7 Å². The van der Waals surface area contributed by atoms with Crippen molar-refractivity contribution in [1.82, 2.24) is 14.9 Å². The number of pyridine rings is 2. The van der Waals surface area contributed by atoms with Gasteiger partial charge in [0.15, 0.2) is 0 Å². The molecule has 3 heterocycles. The summed E-state index contributed by atoms with van der Waals surface area (Å²) in [6.45, 7) is -0.260. The van der Waals surface area contributed by atoms with E-state index in [-0.39, 0.29) is 13.0 Å². The number of rotatable bonds is 5. The molecule has 0 amide bonds. The van der Waals surface area contributed by atoms with Gasteiger partial charge in [0, 0.05) is 52.7 Å². The van der Waals surface area contributed by atoms with E-state index in [1.807, 2.05) is 0 Å². The minimum Gasteiger partial charge on any atom is -0.386 e. The van der Waals surface area contributed by atoms with E-state index < -0.39 is 24.6 Å². The fourth-order valence-corrected chi connectivity index (χ4v) is 4.43. The molecule has 1 saturated heterocycles. The fraction of sp³-hybridized carbons (Fsp3) is 0.273. The summed E-state index contributed by atoms with van der Waals surface area (Å²) in [6.07, 6.45) is 3.43. The molecule has 156 valence electrons. The largest absolute Gasteiger partial charge is 0.386 e. The molecule has 0 unspecified atom stereocenters. The quantitative estimate of drug-likeness (QED) is 0.553. The lowest BCUT2D eigenvalue weighted by Crippen LogP contribution is -2.33. The molecule has 1 aromatic carbocycles. The van der Waals surface area contributed by atoms with Crippen molar-refractivity contribution in [3.63, 3.8) is 0 Å². The predicted octanol–water partition coefficient (Wildman–Crippen LogP) is 5.57. The number of nitrogens with zero attached hydrogens (tertiary/aromatic N) is 3. The second-order valence-corrected chi connectivity index (χ2v) is 8.22. The van der Waals surface area contributed by atoms with Gasteiger partial charge in [-0.3, -0.25) is 14.9 Å². The van der Waals surface area contributed by atoms with Gasteiger partial charge < -0.3 is 5.11 Å². The number of aromatic nitrogens is 2. The van der Waals surface area contributed by atoms with Gasteiger partial charge in [-0.05, 0) is 35.9 Å². The van der Waals surface area contributed by atoms with Gasteiger partial charge in [-0.1, -0.05) is 35.3 Å². The number of hydrogen-bond acceptors (Lipinski definition) is 4. The Bertz CT molecular complexity index is 1020. The molecular weight excluding hydrogens is 431 g/mol. The van der Waals surface area contributed by atoms with Gasteiger partial charge >= 0.3 is 0 Å². The molecule has 3 aromatic rings. The summed E-state index contributed by atoms with van der Waals surface area (Å²) in [4.78, 5) is 10.1. The van der Waals surface area contributed by atoms with E-state index in [1.165, 1.54) is 0 Å². The Balaban J connectivity index is 1.78. The summed E-state index contributed by atoms with van der Waals surface area (Å²) < 4.78 is 28.0. The normalized spacial score (nSPS) is 18.3. The molecular formula is C22H19Cl2F2N3O. The number of aliphatic hydroxyl groups excluding tert-OH is 1. The average Bonchev–Trinajstić information content (AvgIpc) is 3.07. The Labute approximate surface area is 183 Å². The maximum Gasteiger partial charge on any atom is 0.261 e. The smallest absolute Gasteiger partial charge is 0.261 e. The zero-order valence-corrected chi connectivity index (χ0v) is 17.4. The van der Waals surface area contributed by atoms with E-state index in [4.69, 9.17) is 23.2 Å². The van der Waals surface area contributed by atoms with Gasteiger partial charge in [-0.15, -0.1) is 0 Å². The van der Waals surface area contributed by atoms with Gasteiger partial charge in [0.05, 0.1) is 18.3 Å². The van der Waals surface area contributed by atoms with E-state index >= 15 is 0 Å². The summed E-state index contributed by atoms with van der Waals surface area (Å²) in [6, 6.07) is 11.3. The van der Waals surface area contributed by atoms with Crippen LogP contribution in [-0.4, -0.2) is 39.0 Å². The van der Waals surface area contributed by atoms with Crippen molar-refractivity contribution in [3.8, 4) is 11.3 Å². The molecule has 1 N–H and O–H groups in total. The molecule has 4 rings (SSSR count). The highest BCUT2D eigenvalue weighted by atomic mass is 35.5. The van der Waals surface area contributed by atoms with Crippen molar-refractivity contribution in [1.29, 1.82) is 0 Å². The molecule has 0 radical (unpaired) electrons. The Morgan fingerprint density at radius 2 is 1.80 bits per heavy atom. The molecule has 8 heteroatoms. The molecule has 0 saturated carbocycles. The Kier molecular flexibility index (Phi) is 6.02. The van der Waals surface area contributed by atoms with Crippen LogP contribution in [0.5, 0.6) is 0 Å². The maximum absolute atomic E-state index is 14.0. The zero-order valence-electron chi connectivity index (χ0n) is 15.9. The molecule has 2 aromatic heterocycles. The Morgan fingerprint density at radius 3 is 2.43 bits per heavy atom. The second kappa shape index (κ2) is 8.55. The minimum absolute atomic E-state index is 0.169. The molecule has 1 aliphatic heterocycles. The monoisotopic (exact) mass is 449 g/mol. The molecule has 1 aliphatic rings. The Hall–Kier alpha value is -2.12. The van der Waals surface area contributed by atoms with Crippen molar-refractivity contribution < 1.29 is 13.9 Å². The van der Waals surface area contributed by atoms with Gasteiger partial charge in [-0.2, -0.15) is 0 Å². The summed E-state index contributed by atoms with van der Waals surface area (Å²) in [7, 11) is 0. The van der Waals surface area contributed by atoms with Gasteiger partial charge in [0.2, 0.25) is 0 Å². The van der Waals surface area contributed by atoms with Crippen LogP contribution in [0.15, 0.2) is 61.1 Å². The first kappa shape index (κ1) is 21.1. The molecule has 0 bridgehead atoms. The number of alkyl halides is 2. The molecule has 1 fully saturated rings. The predicted molar refractivity (Wildman–Crippen MR) is 113 cm³/mol. The molecule has 4 nitrogen and oxygen atoms in total. The van der Waals surface area contributed by atoms with Crippen LogP contribution in [0, 0.1) is 0 Å². The standard InChI is InChI=1S/C22H19Cl2F2N3O/c23-16-9-15(10-17(24)11-16)19-18(4-2-7-28-19)21(30)20(14-3-1-6-27-12-14)29-8-5-22(25,26)13-29/h1-4,6-7,9-12,20-21,30H,5,8,13H2/t20-,21+/m0/s1. The first-order valence-corrected chi connectivity index (χ1v) is 10.2. The van der Waals surface area contributed by atoms with Crippen molar-refractivity contribution in [2.75, 3.05) is 13.1 Å². The first-order chi connectivity index (χ1) is 14.3. The van der Waals surface area contributed by atoms with E-state index in [0.29, 0.717) is 32.4 Å². The summed E-state index contributed by atoms with van der Waals surface area (Å²) >= 11 is 12.3. The van der Waals surface area contributed by atoms with E-state index in [1.54, 1.807) is 66.0 Å². The van der Waals surface area contributed by atoms with Crippen LogP contribution < -0.4 is 0 Å². The van der Waals surface area contributed by atoms with Gasteiger partial charge in [0.1, 0.15) is 6.10 Å². The van der Waals surface area contributed by atoms with Crippen molar-refractivity contribution in [2.24, 2.45) is 0 Å². The third-order valence-corrected chi connectivity index (χ3v) is 5.65. The summed E-state index contributed by atoms with van der Waals surface area (Å²) in [5, 5.41) is 12.3. The highest BCUT2D eigenvalue weighted by Crippen LogP contribution is 2.42. The topological polar surface area (TPSA) is 49.3 Å². The zero-order chi connectivity index (χ0) is 21.3. The van der Waals surface area contributed by atoms with Crippen LogP contribution in [0.2, 0.25) is 10.0 Å². The third-order valence-electron chi connectivity index (χ3n) is 5.21. The Morgan fingerprint density at radius 1 is 1.07 bits per heavy atom.